The van der Waals surface area contributed by atoms with E-state index in [9.17, 15) is 14.4 Å². The van der Waals surface area contributed by atoms with Gasteiger partial charge in [0.1, 0.15) is 13.2 Å². The first-order chi connectivity index (χ1) is 24.0. The molecule has 6 nitrogen and oxygen atoms in total. The van der Waals surface area contributed by atoms with Crippen LogP contribution in [0.2, 0.25) is 0 Å². The van der Waals surface area contributed by atoms with Gasteiger partial charge in [-0.2, -0.15) is 0 Å². The molecule has 0 heterocycles. The van der Waals surface area contributed by atoms with Crippen LogP contribution in [-0.4, -0.2) is 37.2 Å². The molecule has 0 aromatic rings. The van der Waals surface area contributed by atoms with Crippen LogP contribution in [-0.2, 0) is 28.6 Å². The minimum absolute atomic E-state index is 0.0633. The molecule has 0 amide bonds. The second kappa shape index (κ2) is 39.2. The van der Waals surface area contributed by atoms with Crippen LogP contribution in [0.25, 0.3) is 0 Å². The van der Waals surface area contributed by atoms with Gasteiger partial charge >= 0.3 is 17.9 Å². The van der Waals surface area contributed by atoms with E-state index < -0.39 is 6.10 Å². The van der Waals surface area contributed by atoms with Crippen molar-refractivity contribution in [2.75, 3.05) is 13.2 Å². The Hall–Kier alpha value is -1.59. The summed E-state index contributed by atoms with van der Waals surface area (Å²) in [6.45, 7) is 6.61. The van der Waals surface area contributed by atoms with E-state index >= 15 is 0 Å². The summed E-state index contributed by atoms with van der Waals surface area (Å²) in [6.07, 6.45) is 37.9. The maximum atomic E-state index is 12.6. The number of carbonyl (C=O) groups excluding carboxylic acids is 3. The molecular weight excluding hydrogens is 612 g/mol. The Kier molecular flexibility index (Phi) is 37.9. The van der Waals surface area contributed by atoms with E-state index in [2.05, 4.69) is 20.8 Å². The SMILES string of the molecule is CCCCCCCCCCCCCCC(=O)OC[C@H](COC(=O)CCCCCCCCCCC)OC(=O)CCCCCCCCCCCC. The molecule has 0 aromatic heterocycles. The third-order valence-corrected chi connectivity index (χ3v) is 9.61. The summed E-state index contributed by atoms with van der Waals surface area (Å²) in [5.41, 5.74) is 0. The van der Waals surface area contributed by atoms with Gasteiger partial charge in [-0.1, -0.05) is 201 Å². The minimum atomic E-state index is -0.756. The van der Waals surface area contributed by atoms with Crippen LogP contribution in [0, 0.1) is 0 Å². The van der Waals surface area contributed by atoms with Gasteiger partial charge in [-0.3, -0.25) is 14.4 Å². The van der Waals surface area contributed by atoms with Gasteiger partial charge in [0, 0.05) is 19.3 Å². The van der Waals surface area contributed by atoms with Crippen LogP contribution in [0.3, 0.4) is 0 Å². The first kappa shape index (κ1) is 47.4. The summed E-state index contributed by atoms with van der Waals surface area (Å²) < 4.78 is 16.6. The van der Waals surface area contributed by atoms with Crippen LogP contribution in [0.1, 0.15) is 239 Å². The molecule has 0 aromatic carbocycles. The third kappa shape index (κ3) is 37.5. The molecule has 290 valence electrons. The second-order valence-electron chi connectivity index (χ2n) is 14.6. The Bertz CT molecular complexity index is 723. The molecule has 0 unspecified atom stereocenters. The van der Waals surface area contributed by atoms with E-state index in [1.54, 1.807) is 0 Å². The molecule has 1 atom stereocenters. The fourth-order valence-electron chi connectivity index (χ4n) is 6.32. The van der Waals surface area contributed by atoms with Gasteiger partial charge in [0.25, 0.3) is 0 Å². The van der Waals surface area contributed by atoms with Crippen molar-refractivity contribution >= 4 is 17.9 Å². The predicted octanol–water partition coefficient (Wildman–Crippen LogP) is 13.3. The lowest BCUT2D eigenvalue weighted by Gasteiger charge is -2.18. The van der Waals surface area contributed by atoms with Crippen molar-refractivity contribution < 1.29 is 28.6 Å². The van der Waals surface area contributed by atoms with Gasteiger partial charge in [-0.15, -0.1) is 0 Å². The van der Waals surface area contributed by atoms with Crippen LogP contribution in [0.4, 0.5) is 0 Å². The summed E-state index contributed by atoms with van der Waals surface area (Å²) in [4.78, 5) is 37.5. The van der Waals surface area contributed by atoms with Gasteiger partial charge in [0.15, 0.2) is 6.10 Å². The van der Waals surface area contributed by atoms with Crippen molar-refractivity contribution in [2.45, 2.75) is 245 Å². The van der Waals surface area contributed by atoms with Crippen molar-refractivity contribution in [1.29, 1.82) is 0 Å². The summed E-state index contributed by atoms with van der Waals surface area (Å²) in [7, 11) is 0. The van der Waals surface area contributed by atoms with E-state index in [1.165, 1.54) is 141 Å². The normalized spacial score (nSPS) is 11.8. The van der Waals surface area contributed by atoms with E-state index in [0.29, 0.717) is 19.3 Å². The first-order valence-electron chi connectivity index (χ1n) is 21.5. The third-order valence-electron chi connectivity index (χ3n) is 9.61. The number of hydrogen-bond acceptors (Lipinski definition) is 6. The highest BCUT2D eigenvalue weighted by atomic mass is 16.6. The average Bonchev–Trinajstić information content (AvgIpc) is 3.10. The summed E-state index contributed by atoms with van der Waals surface area (Å²) in [6, 6.07) is 0. The minimum Gasteiger partial charge on any atom is -0.462 e. The standard InChI is InChI=1S/C43H82O6/c1-4-7-10-13-16-19-21-22-25-27-30-33-36-42(45)48-39-40(38-47-41(44)35-32-29-26-23-18-15-12-9-6-3)49-43(46)37-34-31-28-24-20-17-14-11-8-5-2/h40H,4-39H2,1-3H3/t40-/m0/s1. The molecular formula is C43H82O6. The topological polar surface area (TPSA) is 78.9 Å². The van der Waals surface area contributed by atoms with Gasteiger partial charge < -0.3 is 14.2 Å². The number of unbranched alkanes of at least 4 members (excludes halogenated alkanes) is 28. The van der Waals surface area contributed by atoms with Crippen molar-refractivity contribution in [2.24, 2.45) is 0 Å². The van der Waals surface area contributed by atoms with Crippen molar-refractivity contribution in [3.8, 4) is 0 Å². The van der Waals surface area contributed by atoms with E-state index in [0.717, 1.165) is 57.8 Å². The molecule has 0 spiro atoms. The molecule has 0 aliphatic heterocycles. The average molecular weight is 695 g/mol. The fraction of sp³-hybridized carbons (Fsp3) is 0.930. The number of carbonyl (C=O) groups is 3. The van der Waals surface area contributed by atoms with E-state index in [1.807, 2.05) is 0 Å². The Balaban J connectivity index is 4.31. The van der Waals surface area contributed by atoms with E-state index in [4.69, 9.17) is 14.2 Å². The highest BCUT2D eigenvalue weighted by Crippen LogP contribution is 2.15. The largest absolute Gasteiger partial charge is 0.462 e. The maximum Gasteiger partial charge on any atom is 0.306 e. The van der Waals surface area contributed by atoms with Gasteiger partial charge in [-0.05, 0) is 19.3 Å². The number of esters is 3. The van der Waals surface area contributed by atoms with Crippen molar-refractivity contribution in [1.82, 2.24) is 0 Å². The lowest BCUT2D eigenvalue weighted by Crippen LogP contribution is -2.30. The van der Waals surface area contributed by atoms with Gasteiger partial charge in [0.2, 0.25) is 0 Å². The molecule has 0 rings (SSSR count). The lowest BCUT2D eigenvalue weighted by molar-refractivity contribution is -0.167. The second-order valence-corrected chi connectivity index (χ2v) is 14.6. The zero-order chi connectivity index (χ0) is 35.9. The Morgan fingerprint density at radius 3 is 0.816 bits per heavy atom. The van der Waals surface area contributed by atoms with Crippen LogP contribution < -0.4 is 0 Å². The number of ether oxygens (including phenoxy) is 3. The smallest absolute Gasteiger partial charge is 0.306 e. The molecule has 49 heavy (non-hydrogen) atoms. The molecule has 0 aliphatic carbocycles. The fourth-order valence-corrected chi connectivity index (χ4v) is 6.32. The first-order valence-corrected chi connectivity index (χ1v) is 21.5. The molecule has 0 aliphatic rings. The molecule has 0 saturated heterocycles. The Morgan fingerprint density at radius 2 is 0.551 bits per heavy atom. The molecule has 0 saturated carbocycles. The highest BCUT2D eigenvalue weighted by molar-refractivity contribution is 5.71. The number of rotatable bonds is 39. The lowest BCUT2D eigenvalue weighted by atomic mass is 10.0. The molecule has 0 radical (unpaired) electrons. The van der Waals surface area contributed by atoms with Crippen LogP contribution in [0.15, 0.2) is 0 Å². The van der Waals surface area contributed by atoms with Gasteiger partial charge in [-0.25, -0.2) is 0 Å². The zero-order valence-corrected chi connectivity index (χ0v) is 33.0. The summed E-state index contributed by atoms with van der Waals surface area (Å²) in [5.74, 6) is -0.859. The Morgan fingerprint density at radius 1 is 0.327 bits per heavy atom. The molecule has 0 fully saturated rings. The summed E-state index contributed by atoms with van der Waals surface area (Å²) >= 11 is 0. The molecule has 6 heteroatoms. The Labute approximate surface area is 304 Å². The van der Waals surface area contributed by atoms with Crippen molar-refractivity contribution in [3.05, 3.63) is 0 Å². The highest BCUT2D eigenvalue weighted by Gasteiger charge is 2.19. The quantitative estimate of drug-likeness (QED) is 0.0362. The number of hydrogen-bond donors (Lipinski definition) is 0. The van der Waals surface area contributed by atoms with Crippen LogP contribution in [0.5, 0.6) is 0 Å². The predicted molar refractivity (Wildman–Crippen MR) is 206 cm³/mol. The molecule has 0 bridgehead atoms. The van der Waals surface area contributed by atoms with Gasteiger partial charge in [0.05, 0.1) is 0 Å². The zero-order valence-electron chi connectivity index (χ0n) is 33.0. The van der Waals surface area contributed by atoms with Crippen LogP contribution >= 0.6 is 0 Å². The van der Waals surface area contributed by atoms with Crippen molar-refractivity contribution in [3.63, 3.8) is 0 Å². The maximum absolute atomic E-state index is 12.6. The van der Waals surface area contributed by atoms with E-state index in [-0.39, 0.29) is 31.1 Å². The molecule has 0 N–H and O–H groups in total. The summed E-state index contributed by atoms with van der Waals surface area (Å²) in [5, 5.41) is 0. The monoisotopic (exact) mass is 695 g/mol.